The van der Waals surface area contributed by atoms with Crippen molar-refractivity contribution in [1.82, 2.24) is 0 Å². The topological polar surface area (TPSA) is 43.4 Å². The van der Waals surface area contributed by atoms with E-state index in [1.165, 1.54) is 0 Å². The van der Waals surface area contributed by atoms with Crippen LogP contribution in [0.4, 0.5) is 0 Å². The molecule has 0 unspecified atom stereocenters. The largest absolute Gasteiger partial charge is 0.291 e. The lowest BCUT2D eigenvalue weighted by atomic mass is 10.5. The second-order valence-corrected chi connectivity index (χ2v) is 3.45. The molecule has 0 fully saturated rings. The minimum absolute atomic E-state index is 0.245. The highest BCUT2D eigenvalue weighted by atomic mass is 32.2. The number of hydrogen-bond donors (Lipinski definition) is 0. The summed E-state index contributed by atoms with van der Waals surface area (Å²) in [5.41, 5.74) is 0. The van der Waals surface area contributed by atoms with Gasteiger partial charge in [-0.25, -0.2) is 8.42 Å². The van der Waals surface area contributed by atoms with Gasteiger partial charge in [-0.05, 0) is 13.8 Å². The molecule has 0 aliphatic carbocycles. The van der Waals surface area contributed by atoms with Gasteiger partial charge in [0.1, 0.15) is 0 Å². The molecule has 0 spiro atoms. The lowest BCUT2D eigenvalue weighted by Crippen LogP contribution is -2.10. The smallest absolute Gasteiger partial charge is 0.277 e. The van der Waals surface area contributed by atoms with E-state index in [4.69, 9.17) is 0 Å². The van der Waals surface area contributed by atoms with Crippen LogP contribution < -0.4 is 0 Å². The lowest BCUT2D eigenvalue weighted by Gasteiger charge is -2.01. The van der Waals surface area contributed by atoms with Crippen molar-refractivity contribution in [3.8, 4) is 0 Å². The Labute approximate surface area is 50.5 Å². The van der Waals surface area contributed by atoms with Crippen molar-refractivity contribution >= 4 is 17.1 Å². The van der Waals surface area contributed by atoms with Gasteiger partial charge in [-0.2, -0.15) is 0 Å². The molecule has 0 bridgehead atoms. The maximum Gasteiger partial charge on any atom is 0.291 e. The van der Waals surface area contributed by atoms with Crippen molar-refractivity contribution in [2.24, 2.45) is 0 Å². The van der Waals surface area contributed by atoms with Crippen molar-refractivity contribution < 1.29 is 12.6 Å². The standard InChI is InChI=1S/C3H9BO3S/c1-3(2)7-8(4,5)6/h3H,4H2,1-2H3. The molecule has 0 aliphatic heterocycles. The zero-order chi connectivity index (χ0) is 6.78. The molecule has 0 amide bonds. The van der Waals surface area contributed by atoms with E-state index in [0.29, 0.717) is 0 Å². The molecule has 0 saturated heterocycles. The fraction of sp³-hybridized carbons (Fsp3) is 1.00. The van der Waals surface area contributed by atoms with E-state index >= 15 is 0 Å². The molecule has 0 saturated carbocycles. The molecular weight excluding hydrogens is 127 g/mol. The zero-order valence-electron chi connectivity index (χ0n) is 5.21. The van der Waals surface area contributed by atoms with Crippen LogP contribution in [0.25, 0.3) is 0 Å². The molecule has 0 N–H and O–H groups in total. The van der Waals surface area contributed by atoms with Crippen LogP contribution >= 0.6 is 0 Å². The van der Waals surface area contributed by atoms with Gasteiger partial charge in [0, 0.05) is 0 Å². The van der Waals surface area contributed by atoms with Gasteiger partial charge < -0.3 is 0 Å². The van der Waals surface area contributed by atoms with E-state index in [-0.39, 0.29) is 6.10 Å². The molecule has 0 aliphatic rings. The van der Waals surface area contributed by atoms with Gasteiger partial charge in [-0.1, -0.05) is 0 Å². The van der Waals surface area contributed by atoms with Crippen LogP contribution in [0, 0.1) is 0 Å². The summed E-state index contributed by atoms with van der Waals surface area (Å²) in [5, 5.41) is 0. The Balaban J connectivity index is 3.75. The lowest BCUT2D eigenvalue weighted by molar-refractivity contribution is 0.257. The average Bonchev–Trinajstić information content (AvgIpc) is 1.21. The van der Waals surface area contributed by atoms with Crippen LogP contribution in [0.1, 0.15) is 13.8 Å². The van der Waals surface area contributed by atoms with Gasteiger partial charge in [-0.15, -0.1) is 0 Å². The third-order valence-corrected chi connectivity index (χ3v) is 1.10. The molecule has 0 atom stereocenters. The molecule has 48 valence electrons. The van der Waals surface area contributed by atoms with E-state index in [0.717, 1.165) is 7.12 Å². The minimum atomic E-state index is -3.22. The van der Waals surface area contributed by atoms with Crippen LogP contribution in [0.2, 0.25) is 0 Å². The first kappa shape index (κ1) is 7.97. The predicted octanol–water partition coefficient (Wildman–Crippen LogP) is -0.711. The van der Waals surface area contributed by atoms with Crippen molar-refractivity contribution in [2.75, 3.05) is 0 Å². The average molecular weight is 136 g/mol. The SMILES string of the molecule is BS(=O)(=O)OC(C)C. The highest BCUT2D eigenvalue weighted by Gasteiger charge is 2.02. The first-order valence-corrected chi connectivity index (χ1v) is 4.12. The Kier molecular flexibility index (Phi) is 2.49. The monoisotopic (exact) mass is 136 g/mol. The second kappa shape index (κ2) is 2.50. The van der Waals surface area contributed by atoms with E-state index < -0.39 is 9.97 Å². The summed E-state index contributed by atoms with van der Waals surface area (Å²) in [7, 11) is -2.19. The molecule has 0 radical (unpaired) electrons. The van der Waals surface area contributed by atoms with Gasteiger partial charge in [0.2, 0.25) is 9.97 Å². The van der Waals surface area contributed by atoms with E-state index in [2.05, 4.69) is 4.18 Å². The van der Waals surface area contributed by atoms with E-state index in [9.17, 15) is 8.42 Å². The molecule has 3 nitrogen and oxygen atoms in total. The van der Waals surface area contributed by atoms with E-state index in [1.54, 1.807) is 13.8 Å². The highest BCUT2D eigenvalue weighted by molar-refractivity contribution is 8.08. The summed E-state index contributed by atoms with van der Waals surface area (Å²) in [4.78, 5) is 0. The van der Waals surface area contributed by atoms with Gasteiger partial charge in [0.15, 0.2) is 0 Å². The Bertz CT molecular complexity index is 148. The quantitative estimate of drug-likeness (QED) is 0.471. The first-order valence-electron chi connectivity index (χ1n) is 2.30. The molecule has 0 aromatic carbocycles. The third kappa shape index (κ3) is 5.97. The van der Waals surface area contributed by atoms with Crippen molar-refractivity contribution in [3.63, 3.8) is 0 Å². The summed E-state index contributed by atoms with van der Waals surface area (Å²) >= 11 is 0. The molecular formula is C3H9BO3S. The van der Waals surface area contributed by atoms with Crippen molar-refractivity contribution in [2.45, 2.75) is 20.0 Å². The summed E-state index contributed by atoms with van der Waals surface area (Å²) in [5.74, 6) is 0. The fourth-order valence-corrected chi connectivity index (χ4v) is 1.05. The Morgan fingerprint density at radius 1 is 1.50 bits per heavy atom. The van der Waals surface area contributed by atoms with Gasteiger partial charge in [0.05, 0.1) is 6.10 Å². The summed E-state index contributed by atoms with van der Waals surface area (Å²) in [6.07, 6.45) is -0.245. The Morgan fingerprint density at radius 3 is 1.88 bits per heavy atom. The summed E-state index contributed by atoms with van der Waals surface area (Å²) in [6, 6.07) is 0. The number of rotatable bonds is 2. The predicted molar refractivity (Wildman–Crippen MR) is 33.7 cm³/mol. The van der Waals surface area contributed by atoms with E-state index in [1.807, 2.05) is 0 Å². The molecule has 0 heterocycles. The third-order valence-electron chi connectivity index (χ3n) is 0.367. The van der Waals surface area contributed by atoms with Crippen molar-refractivity contribution in [3.05, 3.63) is 0 Å². The summed E-state index contributed by atoms with van der Waals surface area (Å²) in [6.45, 7) is 3.34. The minimum Gasteiger partial charge on any atom is -0.277 e. The highest BCUT2D eigenvalue weighted by Crippen LogP contribution is 1.92. The van der Waals surface area contributed by atoms with Gasteiger partial charge in [0.25, 0.3) is 7.12 Å². The second-order valence-electron chi connectivity index (χ2n) is 1.85. The van der Waals surface area contributed by atoms with Crippen LogP contribution in [-0.4, -0.2) is 21.6 Å². The maximum atomic E-state index is 10.2. The van der Waals surface area contributed by atoms with Crippen LogP contribution in [-0.2, 0) is 14.2 Å². The fourth-order valence-electron chi connectivity index (χ4n) is 0.350. The zero-order valence-corrected chi connectivity index (χ0v) is 6.03. The normalized spacial score (nSPS) is 12.4. The van der Waals surface area contributed by atoms with Crippen LogP contribution in [0.5, 0.6) is 0 Å². The molecule has 5 heteroatoms. The first-order chi connectivity index (χ1) is 3.42. The van der Waals surface area contributed by atoms with Gasteiger partial charge >= 0.3 is 0 Å². The molecule has 0 rings (SSSR count). The maximum absolute atomic E-state index is 10.2. The summed E-state index contributed by atoms with van der Waals surface area (Å²) < 4.78 is 24.8. The molecule has 0 aromatic heterocycles. The number of hydrogen-bond acceptors (Lipinski definition) is 3. The van der Waals surface area contributed by atoms with Crippen molar-refractivity contribution in [1.29, 1.82) is 0 Å². The molecule has 8 heavy (non-hydrogen) atoms. The van der Waals surface area contributed by atoms with Crippen LogP contribution in [0.15, 0.2) is 0 Å². The Hall–Kier alpha value is -0.0251. The Morgan fingerprint density at radius 2 is 1.88 bits per heavy atom. The molecule has 0 aromatic rings. The van der Waals surface area contributed by atoms with Crippen LogP contribution in [0.3, 0.4) is 0 Å². The van der Waals surface area contributed by atoms with Gasteiger partial charge in [-0.3, -0.25) is 4.18 Å².